The number of hydrogen-bond acceptors (Lipinski definition) is 10. The monoisotopic (exact) mass is 572 g/mol. The first-order valence-corrected chi connectivity index (χ1v) is 14.6. The van der Waals surface area contributed by atoms with Crippen molar-refractivity contribution in [3.05, 3.63) is 27.8 Å². The largest absolute Gasteiger partial charge is 0.395 e. The van der Waals surface area contributed by atoms with Gasteiger partial charge >= 0.3 is 0 Å². The van der Waals surface area contributed by atoms with Gasteiger partial charge in [0.1, 0.15) is 4.90 Å². The Hall–Kier alpha value is -1.36. The zero-order valence-corrected chi connectivity index (χ0v) is 21.7. The van der Waals surface area contributed by atoms with Crippen LogP contribution in [0.2, 0.25) is 0 Å². The summed E-state index contributed by atoms with van der Waals surface area (Å²) in [7, 11) is -7.79. The van der Waals surface area contributed by atoms with Crippen LogP contribution in [0.3, 0.4) is 0 Å². The number of aliphatic hydroxyl groups excluding tert-OH is 1. The number of alkyl halides is 1. The molecule has 1 fully saturated rings. The van der Waals surface area contributed by atoms with E-state index < -0.39 is 25.1 Å². The molecule has 0 atom stereocenters. The normalized spacial score (nSPS) is 16.1. The second kappa shape index (κ2) is 11.9. The summed E-state index contributed by atoms with van der Waals surface area (Å²) in [6.45, 7) is 3.38. The molecule has 0 aliphatic carbocycles. The molecule has 0 spiro atoms. The van der Waals surface area contributed by atoms with Crippen LogP contribution in [-0.4, -0.2) is 107 Å². The molecular formula is C18H29BrN4O8S2. The highest BCUT2D eigenvalue weighted by molar-refractivity contribution is 9.09. The van der Waals surface area contributed by atoms with Crippen LogP contribution >= 0.6 is 15.9 Å². The van der Waals surface area contributed by atoms with Gasteiger partial charge in [-0.1, -0.05) is 15.9 Å². The molecule has 0 saturated carbocycles. The van der Waals surface area contributed by atoms with Gasteiger partial charge in [-0.3, -0.25) is 19.2 Å². The van der Waals surface area contributed by atoms with E-state index in [1.807, 2.05) is 4.90 Å². The SMILES string of the molecule is Cc1cc([N+](=O)[O-])cc(S(=O)(=O)N2CCN(CCO)CC2)c1N(CCBr)CCOS(C)(=O)=O. The minimum atomic E-state index is -4.10. The van der Waals surface area contributed by atoms with Gasteiger partial charge in [-0.15, -0.1) is 0 Å². The summed E-state index contributed by atoms with van der Waals surface area (Å²) < 4.78 is 56.0. The van der Waals surface area contributed by atoms with Gasteiger partial charge in [0.05, 0.1) is 30.1 Å². The van der Waals surface area contributed by atoms with E-state index in [1.165, 1.54) is 10.4 Å². The Bertz CT molecular complexity index is 1040. The molecule has 0 amide bonds. The number of sulfonamides is 1. The number of nitro benzene ring substituents is 1. The maximum absolute atomic E-state index is 13.6. The van der Waals surface area contributed by atoms with Crippen LogP contribution in [-0.2, 0) is 24.3 Å². The van der Waals surface area contributed by atoms with Crippen molar-refractivity contribution in [2.75, 3.05) is 75.5 Å². The fourth-order valence-corrected chi connectivity index (χ4v) is 6.18. The molecule has 188 valence electrons. The summed E-state index contributed by atoms with van der Waals surface area (Å²) >= 11 is 3.32. The Balaban J connectivity index is 2.49. The topological polar surface area (TPSA) is 151 Å². The van der Waals surface area contributed by atoms with Gasteiger partial charge < -0.3 is 10.0 Å². The molecular weight excluding hydrogens is 544 g/mol. The summed E-state index contributed by atoms with van der Waals surface area (Å²) in [4.78, 5) is 14.2. The summed E-state index contributed by atoms with van der Waals surface area (Å²) in [6.07, 6.45) is 0.922. The van der Waals surface area contributed by atoms with Gasteiger partial charge in [0.25, 0.3) is 15.8 Å². The molecule has 1 aromatic carbocycles. The van der Waals surface area contributed by atoms with E-state index in [1.54, 1.807) is 11.8 Å². The number of nitro groups is 1. The number of anilines is 1. The number of aliphatic hydroxyl groups is 1. The Morgan fingerprint density at radius 1 is 1.18 bits per heavy atom. The van der Waals surface area contributed by atoms with Crippen LogP contribution < -0.4 is 4.90 Å². The zero-order valence-electron chi connectivity index (χ0n) is 18.5. The smallest absolute Gasteiger partial charge is 0.271 e. The van der Waals surface area contributed by atoms with E-state index in [0.29, 0.717) is 37.1 Å². The number of halogens is 1. The zero-order chi connectivity index (χ0) is 24.8. The molecule has 0 aromatic heterocycles. The molecule has 1 aliphatic heterocycles. The summed E-state index contributed by atoms with van der Waals surface area (Å²) in [5, 5.41) is 21.0. The van der Waals surface area contributed by atoms with Gasteiger partial charge in [-0.25, -0.2) is 8.42 Å². The number of non-ortho nitro benzene ring substituents is 1. The number of aryl methyl sites for hydroxylation is 1. The maximum Gasteiger partial charge on any atom is 0.271 e. The van der Waals surface area contributed by atoms with Crippen LogP contribution in [0.4, 0.5) is 11.4 Å². The standard InChI is InChI=1S/C18H29BrN4O8S2/c1-15-13-16(23(25)26)14-17(18(15)21(4-3-19)10-12-31-32(2,27)28)33(29,30)22-7-5-20(6-8-22)9-11-24/h13-14,24H,3-12H2,1-2H3. The number of nitrogens with zero attached hydrogens (tertiary/aromatic N) is 4. The highest BCUT2D eigenvalue weighted by atomic mass is 79.9. The summed E-state index contributed by atoms with van der Waals surface area (Å²) in [5.74, 6) is 0. The maximum atomic E-state index is 13.6. The number of β-amino-alcohol motifs (C(OH)–C–C–N with tert-alkyl or cyclic N) is 1. The van der Waals surface area contributed by atoms with Crippen molar-refractivity contribution in [2.45, 2.75) is 11.8 Å². The lowest BCUT2D eigenvalue weighted by molar-refractivity contribution is -0.385. The van der Waals surface area contributed by atoms with Crippen molar-refractivity contribution in [3.8, 4) is 0 Å². The van der Waals surface area contributed by atoms with Crippen LogP contribution in [0.5, 0.6) is 0 Å². The first-order chi connectivity index (χ1) is 15.4. The average Bonchev–Trinajstić information content (AvgIpc) is 2.72. The number of benzene rings is 1. The Kier molecular flexibility index (Phi) is 10.0. The fraction of sp³-hybridized carbons (Fsp3) is 0.667. The van der Waals surface area contributed by atoms with Crippen molar-refractivity contribution in [1.82, 2.24) is 9.21 Å². The van der Waals surface area contributed by atoms with E-state index >= 15 is 0 Å². The lowest BCUT2D eigenvalue weighted by atomic mass is 10.1. The highest BCUT2D eigenvalue weighted by Crippen LogP contribution is 2.35. The van der Waals surface area contributed by atoms with Gasteiger partial charge in [-0.05, 0) is 12.5 Å². The Morgan fingerprint density at radius 2 is 1.82 bits per heavy atom. The van der Waals surface area contributed by atoms with E-state index in [0.717, 1.165) is 12.3 Å². The second-order valence-electron chi connectivity index (χ2n) is 7.54. The molecule has 0 unspecified atom stereocenters. The molecule has 15 heteroatoms. The molecule has 1 aromatic rings. The predicted octanol–water partition coefficient (Wildman–Crippen LogP) is 0.379. The molecule has 1 saturated heterocycles. The van der Waals surface area contributed by atoms with E-state index in [4.69, 9.17) is 9.29 Å². The van der Waals surface area contributed by atoms with Crippen LogP contribution in [0.25, 0.3) is 0 Å². The third-order valence-electron chi connectivity index (χ3n) is 5.16. The van der Waals surface area contributed by atoms with Crippen LogP contribution in [0, 0.1) is 17.0 Å². The first-order valence-electron chi connectivity index (χ1n) is 10.2. The number of hydrogen-bond donors (Lipinski definition) is 1. The van der Waals surface area contributed by atoms with E-state index in [9.17, 15) is 26.9 Å². The van der Waals surface area contributed by atoms with Crippen LogP contribution in [0.1, 0.15) is 5.56 Å². The van der Waals surface area contributed by atoms with Gasteiger partial charge in [0.2, 0.25) is 10.0 Å². The molecule has 1 N–H and O–H groups in total. The molecule has 0 bridgehead atoms. The van der Waals surface area contributed by atoms with Gasteiger partial charge in [0, 0.05) is 63.3 Å². The molecule has 1 aliphatic rings. The molecule has 1 heterocycles. The highest BCUT2D eigenvalue weighted by Gasteiger charge is 2.34. The minimum absolute atomic E-state index is 0.0297. The number of piperazine rings is 1. The third-order valence-corrected chi connectivity index (χ3v) is 8.02. The van der Waals surface area contributed by atoms with Crippen molar-refractivity contribution in [1.29, 1.82) is 0 Å². The van der Waals surface area contributed by atoms with Crippen molar-refractivity contribution >= 4 is 47.4 Å². The van der Waals surface area contributed by atoms with E-state index in [-0.39, 0.29) is 49.1 Å². The Labute approximate surface area is 202 Å². The molecule has 0 radical (unpaired) electrons. The van der Waals surface area contributed by atoms with Gasteiger partial charge in [0.15, 0.2) is 0 Å². The first kappa shape index (κ1) is 27.9. The van der Waals surface area contributed by atoms with Crippen LogP contribution in [0.15, 0.2) is 17.0 Å². The van der Waals surface area contributed by atoms with Crippen molar-refractivity contribution in [2.24, 2.45) is 0 Å². The number of rotatable bonds is 12. The average molecular weight is 573 g/mol. The lowest BCUT2D eigenvalue weighted by Crippen LogP contribution is -2.49. The molecule has 33 heavy (non-hydrogen) atoms. The predicted molar refractivity (Wildman–Crippen MR) is 127 cm³/mol. The quantitative estimate of drug-likeness (QED) is 0.161. The van der Waals surface area contributed by atoms with Crippen molar-refractivity contribution in [3.63, 3.8) is 0 Å². The van der Waals surface area contributed by atoms with E-state index in [2.05, 4.69) is 15.9 Å². The fourth-order valence-electron chi connectivity index (χ4n) is 3.65. The molecule has 2 rings (SSSR count). The minimum Gasteiger partial charge on any atom is -0.395 e. The Morgan fingerprint density at radius 3 is 2.33 bits per heavy atom. The summed E-state index contributed by atoms with van der Waals surface area (Å²) in [5.41, 5.74) is 0.303. The van der Waals surface area contributed by atoms with Gasteiger partial charge in [-0.2, -0.15) is 12.7 Å². The van der Waals surface area contributed by atoms with Crippen molar-refractivity contribution < 1.29 is 31.0 Å². The summed E-state index contributed by atoms with van der Waals surface area (Å²) in [6, 6.07) is 2.35. The lowest BCUT2D eigenvalue weighted by Gasteiger charge is -2.35. The third kappa shape index (κ3) is 7.56. The molecule has 12 nitrogen and oxygen atoms in total. The second-order valence-corrected chi connectivity index (χ2v) is 11.9.